The van der Waals surface area contributed by atoms with E-state index < -0.39 is 0 Å². The molecule has 156 valence electrons. The molecule has 0 fully saturated rings. The van der Waals surface area contributed by atoms with Crippen molar-refractivity contribution in [3.8, 4) is 0 Å². The van der Waals surface area contributed by atoms with Crippen LogP contribution in [0.1, 0.15) is 4.88 Å². The third-order valence-electron chi connectivity index (χ3n) is 4.82. The molecule has 5 rings (SSSR count). The lowest BCUT2D eigenvalue weighted by atomic mass is 10.2. The Morgan fingerprint density at radius 3 is 2.81 bits per heavy atom. The van der Waals surface area contributed by atoms with Gasteiger partial charge >= 0.3 is 0 Å². The highest BCUT2D eigenvalue weighted by atomic mass is 35.5. The standard InChI is InChI=1S/C22H17ClN4OS3/c23-15-7-8-20-18(12-15)27(17-5-1-2-6-19(17)31-20)21(28)13-30-22-25-24-14-26(22)10-9-16-4-3-11-29-16/h1-8,11-12,14H,9-10,13H2. The first-order chi connectivity index (χ1) is 15.2. The molecule has 0 radical (unpaired) electrons. The van der Waals surface area contributed by atoms with Crippen LogP contribution in [-0.4, -0.2) is 26.4 Å². The second-order valence-corrected chi connectivity index (χ2v) is 10.3. The van der Waals surface area contributed by atoms with E-state index in [1.807, 2.05) is 47.0 Å². The van der Waals surface area contributed by atoms with Gasteiger partial charge in [0.2, 0.25) is 5.91 Å². The summed E-state index contributed by atoms with van der Waals surface area (Å²) in [4.78, 5) is 18.5. The van der Waals surface area contributed by atoms with Crippen LogP contribution in [0.25, 0.3) is 0 Å². The van der Waals surface area contributed by atoms with E-state index in [0.29, 0.717) is 5.02 Å². The first kappa shape index (κ1) is 20.6. The first-order valence-corrected chi connectivity index (χ1v) is 12.7. The maximum Gasteiger partial charge on any atom is 0.242 e. The number of nitrogens with zero attached hydrogens (tertiary/aromatic N) is 4. The highest BCUT2D eigenvalue weighted by molar-refractivity contribution is 8.00. The van der Waals surface area contributed by atoms with Crippen LogP contribution in [0.4, 0.5) is 11.4 Å². The van der Waals surface area contributed by atoms with Gasteiger partial charge < -0.3 is 4.57 Å². The Kier molecular flexibility index (Phi) is 6.04. The van der Waals surface area contributed by atoms with E-state index in [0.717, 1.165) is 39.3 Å². The molecule has 31 heavy (non-hydrogen) atoms. The molecule has 0 saturated heterocycles. The smallest absolute Gasteiger partial charge is 0.242 e. The molecule has 0 atom stereocenters. The number of anilines is 2. The molecule has 5 nitrogen and oxygen atoms in total. The Hall–Kier alpha value is -2.26. The molecule has 9 heteroatoms. The number of para-hydroxylation sites is 1. The van der Waals surface area contributed by atoms with Gasteiger partial charge in [0.1, 0.15) is 6.33 Å². The van der Waals surface area contributed by atoms with Gasteiger partial charge in [-0.25, -0.2) is 0 Å². The number of hydrogen-bond acceptors (Lipinski definition) is 6. The molecule has 1 amide bonds. The molecule has 0 bridgehead atoms. The topological polar surface area (TPSA) is 51.0 Å². The van der Waals surface area contributed by atoms with Gasteiger partial charge in [-0.3, -0.25) is 9.69 Å². The maximum absolute atomic E-state index is 13.4. The molecular weight excluding hydrogens is 468 g/mol. The van der Waals surface area contributed by atoms with E-state index in [1.54, 1.807) is 34.3 Å². The lowest BCUT2D eigenvalue weighted by Gasteiger charge is -2.31. The van der Waals surface area contributed by atoms with E-state index in [2.05, 4.69) is 27.7 Å². The van der Waals surface area contributed by atoms with E-state index >= 15 is 0 Å². The van der Waals surface area contributed by atoms with Gasteiger partial charge in [-0.15, -0.1) is 21.5 Å². The molecule has 1 aliphatic heterocycles. The van der Waals surface area contributed by atoms with Crippen LogP contribution in [0.15, 0.2) is 81.3 Å². The van der Waals surface area contributed by atoms with Crippen molar-refractivity contribution in [3.63, 3.8) is 0 Å². The zero-order valence-electron chi connectivity index (χ0n) is 16.3. The van der Waals surface area contributed by atoms with Crippen LogP contribution in [0.3, 0.4) is 0 Å². The van der Waals surface area contributed by atoms with Crippen molar-refractivity contribution in [1.29, 1.82) is 0 Å². The number of benzene rings is 2. The average Bonchev–Trinajstić information content (AvgIpc) is 3.46. The van der Waals surface area contributed by atoms with E-state index in [9.17, 15) is 4.79 Å². The van der Waals surface area contributed by atoms with Crippen LogP contribution >= 0.6 is 46.5 Å². The van der Waals surface area contributed by atoms with Gasteiger partial charge in [0.05, 0.1) is 17.1 Å². The number of thiophene rings is 1. The van der Waals surface area contributed by atoms with Crippen LogP contribution in [0, 0.1) is 0 Å². The molecular formula is C22H17ClN4OS3. The van der Waals surface area contributed by atoms with E-state index in [-0.39, 0.29) is 11.7 Å². The fraction of sp³-hybridized carbons (Fsp3) is 0.136. The number of amides is 1. The Labute approximate surface area is 197 Å². The quantitative estimate of drug-likeness (QED) is 0.307. The largest absolute Gasteiger partial charge is 0.308 e. The number of halogens is 1. The van der Waals surface area contributed by atoms with Crippen LogP contribution in [0.2, 0.25) is 5.02 Å². The Morgan fingerprint density at radius 2 is 1.94 bits per heavy atom. The van der Waals surface area contributed by atoms with Crippen molar-refractivity contribution < 1.29 is 4.79 Å². The number of rotatable bonds is 6. The molecule has 4 aromatic rings. The second kappa shape index (κ2) is 9.08. The van der Waals surface area contributed by atoms with Gasteiger partial charge in [0, 0.05) is 26.2 Å². The maximum atomic E-state index is 13.4. The third kappa shape index (κ3) is 4.39. The summed E-state index contributed by atoms with van der Waals surface area (Å²) in [5.74, 6) is 0.233. The third-order valence-corrected chi connectivity index (χ3v) is 8.09. The molecule has 0 saturated carbocycles. The normalized spacial score (nSPS) is 12.5. The minimum atomic E-state index is -0.0194. The summed E-state index contributed by atoms with van der Waals surface area (Å²) in [6.07, 6.45) is 2.64. The predicted molar refractivity (Wildman–Crippen MR) is 128 cm³/mol. The summed E-state index contributed by atoms with van der Waals surface area (Å²) < 4.78 is 2.00. The minimum absolute atomic E-state index is 0.0194. The van der Waals surface area contributed by atoms with E-state index in [4.69, 9.17) is 11.6 Å². The summed E-state index contributed by atoms with van der Waals surface area (Å²) >= 11 is 11.1. The zero-order chi connectivity index (χ0) is 21.2. The van der Waals surface area contributed by atoms with Gasteiger partial charge in [0.15, 0.2) is 5.16 Å². The van der Waals surface area contributed by atoms with Crippen molar-refractivity contribution in [2.24, 2.45) is 0 Å². The molecule has 3 heterocycles. The molecule has 2 aromatic carbocycles. The minimum Gasteiger partial charge on any atom is -0.308 e. The number of hydrogen-bond donors (Lipinski definition) is 0. The molecule has 1 aliphatic rings. The zero-order valence-corrected chi connectivity index (χ0v) is 19.5. The number of thioether (sulfide) groups is 1. The Bertz CT molecular complexity index is 1230. The SMILES string of the molecule is O=C(CSc1nncn1CCc1cccs1)N1c2ccccc2Sc2ccc(Cl)cc21. The summed E-state index contributed by atoms with van der Waals surface area (Å²) in [6.45, 7) is 0.783. The van der Waals surface area contributed by atoms with Crippen LogP contribution < -0.4 is 4.90 Å². The van der Waals surface area contributed by atoms with Gasteiger partial charge in [-0.2, -0.15) is 0 Å². The predicted octanol–water partition coefficient (Wildman–Crippen LogP) is 6.16. The summed E-state index contributed by atoms with van der Waals surface area (Å²) in [6, 6.07) is 17.8. The van der Waals surface area contributed by atoms with Crippen LogP contribution in [0.5, 0.6) is 0 Å². The number of carbonyl (C=O) groups is 1. The van der Waals surface area contributed by atoms with Crippen molar-refractivity contribution in [3.05, 3.63) is 76.2 Å². The number of fused-ring (bicyclic) bond motifs is 2. The lowest BCUT2D eigenvalue weighted by molar-refractivity contribution is -0.115. The lowest BCUT2D eigenvalue weighted by Crippen LogP contribution is -2.30. The second-order valence-electron chi connectivity index (χ2n) is 6.84. The van der Waals surface area contributed by atoms with Gasteiger partial charge in [-0.05, 0) is 48.2 Å². The summed E-state index contributed by atoms with van der Waals surface area (Å²) in [7, 11) is 0. The van der Waals surface area contributed by atoms with Crippen molar-refractivity contribution in [2.45, 2.75) is 27.9 Å². The average molecular weight is 485 g/mol. The fourth-order valence-corrected chi connectivity index (χ4v) is 6.08. The monoisotopic (exact) mass is 484 g/mol. The van der Waals surface area contributed by atoms with E-state index in [1.165, 1.54) is 16.6 Å². The first-order valence-electron chi connectivity index (χ1n) is 9.61. The Morgan fingerprint density at radius 1 is 1.06 bits per heavy atom. The summed E-state index contributed by atoms with van der Waals surface area (Å²) in [5, 5.41) is 11.7. The summed E-state index contributed by atoms with van der Waals surface area (Å²) in [5.41, 5.74) is 1.70. The molecule has 0 aliphatic carbocycles. The number of aromatic nitrogens is 3. The van der Waals surface area contributed by atoms with Crippen molar-refractivity contribution in [1.82, 2.24) is 14.8 Å². The molecule has 0 spiro atoms. The molecule has 0 unspecified atom stereocenters. The molecule has 2 aromatic heterocycles. The fourth-order valence-electron chi connectivity index (χ4n) is 3.38. The number of aryl methyl sites for hydroxylation is 2. The molecule has 0 N–H and O–H groups in total. The highest BCUT2D eigenvalue weighted by Gasteiger charge is 2.28. The Balaban J connectivity index is 1.35. The number of carbonyl (C=O) groups excluding carboxylic acids is 1. The van der Waals surface area contributed by atoms with Gasteiger partial charge in [0.25, 0.3) is 0 Å². The van der Waals surface area contributed by atoms with Gasteiger partial charge in [-0.1, -0.05) is 53.3 Å². The highest BCUT2D eigenvalue weighted by Crippen LogP contribution is 2.49. The van der Waals surface area contributed by atoms with Crippen LogP contribution in [-0.2, 0) is 17.8 Å². The van der Waals surface area contributed by atoms with Crippen molar-refractivity contribution >= 4 is 63.7 Å². The van der Waals surface area contributed by atoms with Crippen molar-refractivity contribution in [2.75, 3.05) is 10.7 Å².